The van der Waals surface area contributed by atoms with Crippen LogP contribution in [-0.4, -0.2) is 25.7 Å². The van der Waals surface area contributed by atoms with Crippen LogP contribution in [0.1, 0.15) is 27.1 Å². The largest absolute Gasteiger partial charge is 0.374 e. The molecule has 0 saturated carbocycles. The van der Waals surface area contributed by atoms with Crippen LogP contribution in [0.2, 0.25) is 0 Å². The molecular formula is C17H14N6OS. The summed E-state index contributed by atoms with van der Waals surface area (Å²) in [5.41, 5.74) is 7.91. The molecule has 0 spiro atoms. The Hall–Kier alpha value is -3.26. The third-order valence-corrected chi connectivity index (χ3v) is 4.58. The summed E-state index contributed by atoms with van der Waals surface area (Å²) in [5.74, 6) is -0.253. The standard InChI is InChI=1S/C17H14N6OS/c18-17-22-21-16(25-17)14(11-5-2-1-3-6-11)20-15(24)13-8-4-7-12-9-10-19-23(12)13/h1-10,14H,(H2,18,22)(H,20,24). The second-order valence-corrected chi connectivity index (χ2v) is 6.42. The molecule has 3 heterocycles. The van der Waals surface area contributed by atoms with E-state index in [-0.39, 0.29) is 5.91 Å². The van der Waals surface area contributed by atoms with Crippen molar-refractivity contribution in [1.29, 1.82) is 0 Å². The number of rotatable bonds is 4. The molecule has 0 fully saturated rings. The maximum atomic E-state index is 12.9. The number of nitrogens with two attached hydrogens (primary N) is 1. The summed E-state index contributed by atoms with van der Waals surface area (Å²) in [7, 11) is 0. The van der Waals surface area contributed by atoms with Crippen LogP contribution in [0.3, 0.4) is 0 Å². The number of nitrogen functional groups attached to an aromatic ring is 1. The molecule has 124 valence electrons. The number of hydrogen-bond donors (Lipinski definition) is 2. The third kappa shape index (κ3) is 2.94. The molecule has 1 atom stereocenters. The molecule has 1 unspecified atom stereocenters. The first-order valence-corrected chi connectivity index (χ1v) is 8.41. The summed E-state index contributed by atoms with van der Waals surface area (Å²) >= 11 is 1.25. The Kier molecular flexibility index (Phi) is 3.87. The first-order valence-electron chi connectivity index (χ1n) is 7.60. The van der Waals surface area contributed by atoms with Gasteiger partial charge in [-0.3, -0.25) is 4.79 Å². The molecule has 0 saturated heterocycles. The van der Waals surface area contributed by atoms with E-state index >= 15 is 0 Å². The average molecular weight is 350 g/mol. The van der Waals surface area contributed by atoms with Gasteiger partial charge in [0, 0.05) is 0 Å². The number of pyridine rings is 1. The van der Waals surface area contributed by atoms with Crippen LogP contribution in [0.15, 0.2) is 60.8 Å². The number of carbonyl (C=O) groups is 1. The quantitative estimate of drug-likeness (QED) is 0.588. The van der Waals surface area contributed by atoms with E-state index < -0.39 is 6.04 Å². The van der Waals surface area contributed by atoms with Gasteiger partial charge in [0.1, 0.15) is 16.7 Å². The molecule has 4 rings (SSSR count). The molecule has 7 nitrogen and oxygen atoms in total. The number of benzene rings is 1. The highest BCUT2D eigenvalue weighted by atomic mass is 32.1. The van der Waals surface area contributed by atoms with Gasteiger partial charge in [0.05, 0.1) is 11.7 Å². The Morgan fingerprint density at radius 1 is 1.08 bits per heavy atom. The van der Waals surface area contributed by atoms with Crippen molar-refractivity contribution in [3.05, 3.63) is 77.1 Å². The Bertz CT molecular complexity index is 1030. The number of hydrogen-bond acceptors (Lipinski definition) is 6. The lowest BCUT2D eigenvalue weighted by molar-refractivity contribution is 0.0935. The fourth-order valence-corrected chi connectivity index (χ4v) is 3.31. The van der Waals surface area contributed by atoms with Gasteiger partial charge in [-0.1, -0.05) is 47.7 Å². The summed E-state index contributed by atoms with van der Waals surface area (Å²) in [5, 5.41) is 16.2. The highest BCUT2D eigenvalue weighted by molar-refractivity contribution is 7.15. The van der Waals surface area contributed by atoms with Crippen molar-refractivity contribution < 1.29 is 4.79 Å². The Balaban J connectivity index is 1.71. The number of aromatic nitrogens is 4. The molecule has 0 aliphatic heterocycles. The lowest BCUT2D eigenvalue weighted by Gasteiger charge is -2.17. The minimum absolute atomic E-state index is 0.253. The van der Waals surface area contributed by atoms with Crippen LogP contribution >= 0.6 is 11.3 Å². The monoisotopic (exact) mass is 350 g/mol. The Labute approximate surface area is 147 Å². The highest BCUT2D eigenvalue weighted by Gasteiger charge is 2.22. The summed E-state index contributed by atoms with van der Waals surface area (Å²) in [6, 6.07) is 16.4. The minimum Gasteiger partial charge on any atom is -0.374 e. The average Bonchev–Trinajstić information content (AvgIpc) is 3.28. The van der Waals surface area contributed by atoms with Gasteiger partial charge in [-0.25, -0.2) is 4.52 Å². The molecule has 0 radical (unpaired) electrons. The van der Waals surface area contributed by atoms with Gasteiger partial charge < -0.3 is 11.1 Å². The van der Waals surface area contributed by atoms with Crippen LogP contribution in [0.4, 0.5) is 5.13 Å². The first-order chi connectivity index (χ1) is 12.2. The van der Waals surface area contributed by atoms with E-state index in [0.29, 0.717) is 15.8 Å². The second kappa shape index (κ2) is 6.33. The Morgan fingerprint density at radius 3 is 2.68 bits per heavy atom. The van der Waals surface area contributed by atoms with Crippen molar-refractivity contribution in [2.24, 2.45) is 0 Å². The lowest BCUT2D eigenvalue weighted by atomic mass is 10.1. The van der Waals surface area contributed by atoms with E-state index in [1.165, 1.54) is 11.3 Å². The first kappa shape index (κ1) is 15.3. The van der Waals surface area contributed by atoms with Crippen molar-refractivity contribution in [3.8, 4) is 0 Å². The van der Waals surface area contributed by atoms with Gasteiger partial charge in [0.25, 0.3) is 5.91 Å². The number of carbonyl (C=O) groups excluding carboxylic acids is 1. The van der Waals surface area contributed by atoms with E-state index in [1.54, 1.807) is 16.8 Å². The van der Waals surface area contributed by atoms with Crippen LogP contribution in [0.25, 0.3) is 5.52 Å². The second-order valence-electron chi connectivity index (χ2n) is 5.37. The van der Waals surface area contributed by atoms with Gasteiger partial charge in [0.15, 0.2) is 0 Å². The van der Waals surface area contributed by atoms with Crippen molar-refractivity contribution >= 4 is 27.9 Å². The summed E-state index contributed by atoms with van der Waals surface area (Å²) in [6.07, 6.45) is 1.66. The van der Waals surface area contributed by atoms with E-state index in [2.05, 4.69) is 20.6 Å². The molecule has 3 N–H and O–H groups in total. The molecular weight excluding hydrogens is 336 g/mol. The predicted molar refractivity (Wildman–Crippen MR) is 95.3 cm³/mol. The van der Waals surface area contributed by atoms with Crippen molar-refractivity contribution in [3.63, 3.8) is 0 Å². The normalized spacial score (nSPS) is 12.2. The van der Waals surface area contributed by atoms with Gasteiger partial charge in [-0.05, 0) is 23.8 Å². The number of amides is 1. The van der Waals surface area contributed by atoms with Crippen molar-refractivity contribution in [2.75, 3.05) is 5.73 Å². The van der Waals surface area contributed by atoms with Crippen molar-refractivity contribution in [2.45, 2.75) is 6.04 Å². The summed E-state index contributed by atoms with van der Waals surface area (Å²) in [4.78, 5) is 12.9. The summed E-state index contributed by atoms with van der Waals surface area (Å²) < 4.78 is 1.60. The minimum atomic E-state index is -0.436. The SMILES string of the molecule is Nc1nnc(C(NC(=O)c2cccc3ccnn23)c2ccccc2)s1. The molecule has 25 heavy (non-hydrogen) atoms. The van der Waals surface area contributed by atoms with Gasteiger partial charge in [-0.15, -0.1) is 10.2 Å². The maximum absolute atomic E-state index is 12.9. The Morgan fingerprint density at radius 2 is 1.92 bits per heavy atom. The smallest absolute Gasteiger partial charge is 0.270 e. The maximum Gasteiger partial charge on any atom is 0.270 e. The topological polar surface area (TPSA) is 98.2 Å². The fraction of sp³-hybridized carbons (Fsp3) is 0.0588. The highest BCUT2D eigenvalue weighted by Crippen LogP contribution is 2.26. The molecule has 1 amide bonds. The number of nitrogens with one attached hydrogen (secondary N) is 1. The lowest BCUT2D eigenvalue weighted by Crippen LogP contribution is -2.30. The molecule has 4 aromatic rings. The van der Waals surface area contributed by atoms with Crippen LogP contribution in [-0.2, 0) is 0 Å². The molecule has 3 aromatic heterocycles. The van der Waals surface area contributed by atoms with Crippen LogP contribution in [0.5, 0.6) is 0 Å². The number of nitrogens with zero attached hydrogens (tertiary/aromatic N) is 4. The zero-order chi connectivity index (χ0) is 17.2. The summed E-state index contributed by atoms with van der Waals surface area (Å²) in [6.45, 7) is 0. The molecule has 0 aliphatic carbocycles. The number of fused-ring (bicyclic) bond motifs is 1. The van der Waals surface area contributed by atoms with Crippen LogP contribution < -0.4 is 11.1 Å². The van der Waals surface area contributed by atoms with E-state index in [4.69, 9.17) is 5.73 Å². The zero-order valence-electron chi connectivity index (χ0n) is 13.0. The predicted octanol–water partition coefficient (Wildman–Crippen LogP) is 2.29. The van der Waals surface area contributed by atoms with Gasteiger partial charge >= 0.3 is 0 Å². The molecule has 8 heteroatoms. The van der Waals surface area contributed by atoms with Gasteiger partial charge in [0.2, 0.25) is 5.13 Å². The molecule has 0 aliphatic rings. The zero-order valence-corrected chi connectivity index (χ0v) is 13.9. The number of anilines is 1. The van der Waals surface area contributed by atoms with E-state index in [1.807, 2.05) is 48.5 Å². The van der Waals surface area contributed by atoms with E-state index in [9.17, 15) is 4.79 Å². The van der Waals surface area contributed by atoms with Crippen molar-refractivity contribution in [1.82, 2.24) is 25.1 Å². The van der Waals surface area contributed by atoms with E-state index in [0.717, 1.165) is 11.1 Å². The van der Waals surface area contributed by atoms with Gasteiger partial charge in [-0.2, -0.15) is 5.10 Å². The molecule has 1 aromatic carbocycles. The third-order valence-electron chi connectivity index (χ3n) is 3.77. The fourth-order valence-electron chi connectivity index (χ4n) is 2.62. The van der Waals surface area contributed by atoms with Crippen LogP contribution in [0, 0.1) is 0 Å². The molecule has 0 bridgehead atoms.